The minimum atomic E-state index is -0.503. The molecule has 0 amide bonds. The number of hydrogen-bond donors (Lipinski definition) is 0. The number of rotatable bonds is 10. The lowest BCUT2D eigenvalue weighted by molar-refractivity contribution is -0.160. The zero-order valence-electron chi connectivity index (χ0n) is 16.0. The maximum atomic E-state index is 11.5. The van der Waals surface area contributed by atoms with Crippen molar-refractivity contribution in [2.45, 2.75) is 38.1 Å². The van der Waals surface area contributed by atoms with E-state index in [1.165, 1.54) is 11.8 Å². The van der Waals surface area contributed by atoms with Crippen LogP contribution in [0.4, 0.5) is 0 Å². The van der Waals surface area contributed by atoms with Crippen molar-refractivity contribution in [3.63, 3.8) is 0 Å². The second kappa shape index (κ2) is 10.3. The van der Waals surface area contributed by atoms with E-state index in [4.69, 9.17) is 14.2 Å². The molecule has 148 valence electrons. The van der Waals surface area contributed by atoms with E-state index >= 15 is 0 Å². The van der Waals surface area contributed by atoms with Crippen molar-refractivity contribution < 1.29 is 19.0 Å². The first-order valence-electron chi connectivity index (χ1n) is 8.51. The van der Waals surface area contributed by atoms with Crippen LogP contribution in [0.3, 0.4) is 0 Å². The molecule has 2 rings (SSSR count). The highest BCUT2D eigenvalue weighted by molar-refractivity contribution is 7.98. The minimum absolute atomic E-state index is 0.0789. The Morgan fingerprint density at radius 1 is 1.15 bits per heavy atom. The van der Waals surface area contributed by atoms with Gasteiger partial charge in [-0.25, -0.2) is 19.4 Å². The third-order valence-electron chi connectivity index (χ3n) is 3.12. The van der Waals surface area contributed by atoms with Crippen molar-refractivity contribution in [2.75, 3.05) is 32.7 Å². The van der Waals surface area contributed by atoms with Crippen molar-refractivity contribution in [3.8, 4) is 11.3 Å². The summed E-state index contributed by atoms with van der Waals surface area (Å²) >= 11 is 1.48. The van der Waals surface area contributed by atoms with Gasteiger partial charge in [-0.1, -0.05) is 17.0 Å². The maximum Gasteiger partial charge on any atom is 0.332 e. The van der Waals surface area contributed by atoms with Gasteiger partial charge >= 0.3 is 5.97 Å². The molecule has 0 bridgehead atoms. The molecule has 0 aliphatic rings. The zero-order valence-corrected chi connectivity index (χ0v) is 16.9. The Morgan fingerprint density at radius 3 is 2.52 bits per heavy atom. The van der Waals surface area contributed by atoms with Gasteiger partial charge in [0.15, 0.2) is 5.16 Å². The largest absolute Gasteiger partial charge is 0.458 e. The Kier molecular flexibility index (Phi) is 8.14. The molecule has 2 aromatic rings. The van der Waals surface area contributed by atoms with E-state index in [2.05, 4.69) is 20.3 Å². The van der Waals surface area contributed by atoms with Crippen LogP contribution < -0.4 is 0 Å². The summed E-state index contributed by atoms with van der Waals surface area (Å²) in [5, 5.41) is 8.89. The Morgan fingerprint density at radius 2 is 1.85 bits per heavy atom. The van der Waals surface area contributed by atoms with Crippen LogP contribution in [0.25, 0.3) is 11.3 Å². The van der Waals surface area contributed by atoms with E-state index in [9.17, 15) is 4.79 Å². The van der Waals surface area contributed by atoms with Crippen LogP contribution in [-0.2, 0) is 25.5 Å². The van der Waals surface area contributed by atoms with Crippen molar-refractivity contribution in [3.05, 3.63) is 18.6 Å². The van der Waals surface area contributed by atoms with Gasteiger partial charge in [0.05, 0.1) is 32.6 Å². The van der Waals surface area contributed by atoms with Gasteiger partial charge in [-0.05, 0) is 27.0 Å². The first-order valence-corrected chi connectivity index (χ1v) is 9.74. The normalized spacial score (nSPS) is 11.6. The smallest absolute Gasteiger partial charge is 0.332 e. The van der Waals surface area contributed by atoms with Gasteiger partial charge in [0.25, 0.3) is 0 Å². The first-order chi connectivity index (χ1) is 12.9. The highest BCUT2D eigenvalue weighted by Crippen LogP contribution is 2.15. The van der Waals surface area contributed by atoms with Crippen LogP contribution in [0.2, 0.25) is 0 Å². The maximum absolute atomic E-state index is 11.5. The van der Waals surface area contributed by atoms with Crippen molar-refractivity contribution in [1.29, 1.82) is 0 Å². The first kappa shape index (κ1) is 21.3. The van der Waals surface area contributed by atoms with Crippen LogP contribution in [0.15, 0.2) is 23.7 Å². The van der Waals surface area contributed by atoms with Gasteiger partial charge < -0.3 is 14.2 Å². The molecule has 0 fully saturated rings. The summed E-state index contributed by atoms with van der Waals surface area (Å²) in [5.41, 5.74) is 1.02. The number of nitrogens with zero attached hydrogens (tertiary/aromatic N) is 5. The molecule has 0 saturated carbocycles. The summed E-state index contributed by atoms with van der Waals surface area (Å²) < 4.78 is 17.5. The van der Waals surface area contributed by atoms with Crippen LogP contribution in [0.1, 0.15) is 20.8 Å². The molecule has 27 heavy (non-hydrogen) atoms. The van der Waals surface area contributed by atoms with Gasteiger partial charge in [0, 0.05) is 18.0 Å². The molecular formula is C17H25N5O4S. The summed E-state index contributed by atoms with van der Waals surface area (Å²) in [6.07, 6.45) is 7.20. The van der Waals surface area contributed by atoms with E-state index in [0.29, 0.717) is 37.2 Å². The van der Waals surface area contributed by atoms with Gasteiger partial charge in [-0.3, -0.25) is 0 Å². The average molecular weight is 395 g/mol. The Balaban J connectivity index is 1.61. The second-order valence-electron chi connectivity index (χ2n) is 6.58. The molecule has 0 atom stereocenters. The fraction of sp³-hybridized carbons (Fsp3) is 0.588. The minimum Gasteiger partial charge on any atom is -0.458 e. The number of esters is 1. The lowest BCUT2D eigenvalue weighted by atomic mass is 10.2. The number of carbonyl (C=O) groups is 1. The van der Waals surface area contributed by atoms with Gasteiger partial charge in [-0.2, -0.15) is 0 Å². The Hall–Kier alpha value is -2.04. The highest BCUT2D eigenvalue weighted by atomic mass is 32.2. The van der Waals surface area contributed by atoms with Gasteiger partial charge in [-0.15, -0.1) is 5.10 Å². The molecule has 0 radical (unpaired) electrons. The summed E-state index contributed by atoms with van der Waals surface area (Å²) in [7, 11) is 0. The van der Waals surface area contributed by atoms with Crippen LogP contribution in [0.5, 0.6) is 0 Å². The lowest BCUT2D eigenvalue weighted by Crippen LogP contribution is -2.27. The summed E-state index contributed by atoms with van der Waals surface area (Å²) in [5.74, 6) is -0.382. The lowest BCUT2D eigenvalue weighted by Gasteiger charge is -2.19. The van der Waals surface area contributed by atoms with Crippen LogP contribution in [-0.4, -0.2) is 69.2 Å². The topological polar surface area (TPSA) is 101 Å². The Labute approximate surface area is 162 Å². The van der Waals surface area contributed by atoms with E-state index in [1.54, 1.807) is 17.1 Å². The molecule has 0 aromatic carbocycles. The van der Waals surface area contributed by atoms with Crippen molar-refractivity contribution >= 4 is 17.7 Å². The molecule has 0 saturated heterocycles. The number of thioether (sulfide) groups is 1. The predicted octanol–water partition coefficient (Wildman–Crippen LogP) is 1.83. The van der Waals surface area contributed by atoms with E-state index < -0.39 is 5.60 Å². The molecular weight excluding hydrogens is 370 g/mol. The molecule has 2 heterocycles. The number of carbonyl (C=O) groups excluding carboxylic acids is 1. The number of ether oxygens (including phenoxy) is 3. The molecule has 2 aromatic heterocycles. The van der Waals surface area contributed by atoms with E-state index in [0.717, 1.165) is 5.56 Å². The fourth-order valence-electron chi connectivity index (χ4n) is 2.00. The second-order valence-corrected chi connectivity index (χ2v) is 7.35. The van der Waals surface area contributed by atoms with E-state index in [1.807, 2.05) is 33.2 Å². The van der Waals surface area contributed by atoms with Crippen molar-refractivity contribution in [1.82, 2.24) is 25.0 Å². The summed E-state index contributed by atoms with van der Waals surface area (Å²) in [6.45, 7) is 7.09. The third-order valence-corrected chi connectivity index (χ3v) is 3.70. The quantitative estimate of drug-likeness (QED) is 0.258. The molecule has 9 nitrogen and oxygen atoms in total. The molecule has 10 heteroatoms. The molecule has 0 aliphatic heterocycles. The Bertz CT molecular complexity index is 715. The van der Waals surface area contributed by atoms with Gasteiger partial charge in [0.1, 0.15) is 17.9 Å². The third kappa shape index (κ3) is 8.02. The molecule has 0 unspecified atom stereocenters. The number of hydrogen-bond acceptors (Lipinski definition) is 9. The highest BCUT2D eigenvalue weighted by Gasteiger charge is 2.15. The monoisotopic (exact) mass is 395 g/mol. The van der Waals surface area contributed by atoms with E-state index in [-0.39, 0.29) is 12.6 Å². The molecule has 0 aliphatic carbocycles. The zero-order chi connectivity index (χ0) is 19.7. The summed E-state index contributed by atoms with van der Waals surface area (Å²) in [6, 6.07) is 0. The van der Waals surface area contributed by atoms with Crippen molar-refractivity contribution in [2.24, 2.45) is 0 Å². The van der Waals surface area contributed by atoms with Gasteiger partial charge in [0.2, 0.25) is 0 Å². The summed E-state index contributed by atoms with van der Waals surface area (Å²) in [4.78, 5) is 19.9. The average Bonchev–Trinajstić information content (AvgIpc) is 3.08. The fourth-order valence-corrected chi connectivity index (χ4v) is 2.31. The molecule has 0 N–H and O–H groups in total. The molecule has 0 spiro atoms. The predicted molar refractivity (Wildman–Crippen MR) is 100 cm³/mol. The number of aromatic nitrogens is 5. The SMILES string of the molecule is CSc1ncc(-c2cn(CCOCCOCC(=O)OC(C)(C)C)nn2)cn1. The standard InChI is InChI=1S/C17H25N5O4S/c1-17(2,3)26-15(23)12-25-8-7-24-6-5-22-11-14(20-21-22)13-9-18-16(27-4)19-10-13/h9-11H,5-8,12H2,1-4H3. The van der Waals surface area contributed by atoms with Crippen LogP contribution in [0, 0.1) is 0 Å². The van der Waals surface area contributed by atoms with Crippen LogP contribution >= 0.6 is 11.8 Å².